The van der Waals surface area contributed by atoms with Crippen molar-refractivity contribution in [1.29, 1.82) is 0 Å². The van der Waals surface area contributed by atoms with E-state index in [0.29, 0.717) is 18.1 Å². The predicted octanol–water partition coefficient (Wildman–Crippen LogP) is 7.01. The second-order valence-corrected chi connectivity index (χ2v) is 18.2. The SMILES string of the molecule is CC(C)(C)[Si](C)(C)OC1([C@@H](NCC2CN(C(=O)O)CC2F)c2nc(-c3cc(F)ccc3F)cn2Cc2ccccc2)CC1. The van der Waals surface area contributed by atoms with Gasteiger partial charge in [0.1, 0.15) is 23.6 Å². The van der Waals surface area contributed by atoms with Crippen LogP contribution in [0.3, 0.4) is 0 Å². The average Bonchev–Trinajstić information content (AvgIpc) is 3.41. The number of nitrogens with one attached hydrogen (secondary N) is 1. The van der Waals surface area contributed by atoms with Crippen LogP contribution in [0, 0.1) is 17.6 Å². The standard InChI is InChI=1S/C32H41F3N4O3Si/c1-31(2,3)43(4,5)42-32(13-14-32)28(36-16-22-18-39(30(40)41)19-26(22)35)29-37-27(24-15-23(33)11-12-25(24)34)20-38(29)17-21-9-7-6-8-10-21/h6-12,15,20,22,26,28,36H,13-14,16-19H2,1-5H3,(H,40,41)/t22?,26?,28-/m0/s1. The van der Waals surface area contributed by atoms with E-state index in [0.717, 1.165) is 41.5 Å². The zero-order valence-electron chi connectivity index (χ0n) is 25.4. The fraction of sp³-hybridized carbons (Fsp3) is 0.500. The Kier molecular flexibility index (Phi) is 8.54. The van der Waals surface area contributed by atoms with Crippen LogP contribution < -0.4 is 5.32 Å². The van der Waals surface area contributed by atoms with Crippen LogP contribution in [0.2, 0.25) is 18.1 Å². The van der Waals surface area contributed by atoms with Crippen LogP contribution >= 0.6 is 0 Å². The Labute approximate surface area is 252 Å². The number of hydrogen-bond acceptors (Lipinski definition) is 4. The predicted molar refractivity (Wildman–Crippen MR) is 162 cm³/mol. The van der Waals surface area contributed by atoms with Gasteiger partial charge < -0.3 is 24.3 Å². The van der Waals surface area contributed by atoms with E-state index in [9.17, 15) is 23.1 Å². The van der Waals surface area contributed by atoms with Crippen molar-refractivity contribution in [1.82, 2.24) is 19.8 Å². The molecule has 2 aliphatic rings. The van der Waals surface area contributed by atoms with E-state index in [1.807, 2.05) is 34.9 Å². The van der Waals surface area contributed by atoms with Crippen molar-refractivity contribution >= 4 is 14.4 Å². The molecule has 1 saturated heterocycles. The monoisotopic (exact) mass is 614 g/mol. The smallest absolute Gasteiger partial charge is 0.407 e. The maximum Gasteiger partial charge on any atom is 0.407 e. The molecule has 0 spiro atoms. The van der Waals surface area contributed by atoms with Gasteiger partial charge in [0.2, 0.25) is 0 Å². The number of alkyl halides is 1. The molecule has 2 heterocycles. The van der Waals surface area contributed by atoms with E-state index in [4.69, 9.17) is 9.41 Å². The number of benzene rings is 2. The lowest BCUT2D eigenvalue weighted by atomic mass is 10.0. The summed E-state index contributed by atoms with van der Waals surface area (Å²) in [6, 6.07) is 12.6. The topological polar surface area (TPSA) is 79.6 Å². The summed E-state index contributed by atoms with van der Waals surface area (Å²) < 4.78 is 53.2. The molecular formula is C32H41F3N4O3Si. The number of amides is 1. The van der Waals surface area contributed by atoms with E-state index in [1.165, 1.54) is 0 Å². The normalized spacial score (nSPS) is 20.8. The molecule has 1 aliphatic carbocycles. The number of hydrogen-bond donors (Lipinski definition) is 2. The summed E-state index contributed by atoms with van der Waals surface area (Å²) in [5.74, 6) is -1.11. The number of carbonyl (C=O) groups is 1. The maximum atomic E-state index is 15.0. The summed E-state index contributed by atoms with van der Waals surface area (Å²) in [5, 5.41) is 12.9. The van der Waals surface area contributed by atoms with E-state index in [1.54, 1.807) is 6.20 Å². The van der Waals surface area contributed by atoms with Gasteiger partial charge in [0.05, 0.1) is 23.9 Å². The minimum absolute atomic E-state index is 0.0543. The number of likely N-dealkylation sites (tertiary alicyclic amines) is 1. The van der Waals surface area contributed by atoms with Crippen LogP contribution in [0.4, 0.5) is 18.0 Å². The van der Waals surface area contributed by atoms with Crippen molar-refractivity contribution in [2.24, 2.45) is 5.92 Å². The molecule has 5 rings (SSSR count). The highest BCUT2D eigenvalue weighted by Gasteiger charge is 2.57. The van der Waals surface area contributed by atoms with Gasteiger partial charge in [-0.25, -0.2) is 22.9 Å². The number of halogens is 3. The van der Waals surface area contributed by atoms with Crippen LogP contribution in [-0.2, 0) is 11.0 Å². The molecule has 1 saturated carbocycles. The summed E-state index contributed by atoms with van der Waals surface area (Å²) in [4.78, 5) is 17.6. The molecule has 2 unspecified atom stereocenters. The van der Waals surface area contributed by atoms with Crippen molar-refractivity contribution < 1.29 is 27.5 Å². The third kappa shape index (κ3) is 6.68. The molecule has 1 amide bonds. The largest absolute Gasteiger partial charge is 0.465 e. The fourth-order valence-electron chi connectivity index (χ4n) is 5.59. The lowest BCUT2D eigenvalue weighted by molar-refractivity contribution is 0.102. The van der Waals surface area contributed by atoms with Gasteiger partial charge in [0.25, 0.3) is 0 Å². The first kappa shape index (κ1) is 31.3. The molecule has 0 radical (unpaired) electrons. The lowest BCUT2D eigenvalue weighted by Gasteiger charge is -2.42. The first-order chi connectivity index (χ1) is 20.2. The molecule has 2 aromatic carbocycles. The molecule has 0 bridgehead atoms. The minimum atomic E-state index is -2.29. The summed E-state index contributed by atoms with van der Waals surface area (Å²) in [6.07, 6.45) is 0.800. The molecule has 232 valence electrons. The van der Waals surface area contributed by atoms with Gasteiger partial charge in [0.15, 0.2) is 8.32 Å². The number of rotatable bonds is 10. The minimum Gasteiger partial charge on any atom is -0.465 e. The molecule has 2 N–H and O–H groups in total. The number of aromatic nitrogens is 2. The molecule has 3 atom stereocenters. The van der Waals surface area contributed by atoms with Crippen molar-refractivity contribution in [3.8, 4) is 11.3 Å². The quantitative estimate of drug-likeness (QED) is 0.240. The van der Waals surface area contributed by atoms with Crippen LogP contribution in [-0.4, -0.2) is 65.4 Å². The Hall–Kier alpha value is -3.15. The van der Waals surface area contributed by atoms with Gasteiger partial charge in [-0.05, 0) is 54.7 Å². The average molecular weight is 615 g/mol. The van der Waals surface area contributed by atoms with Gasteiger partial charge in [-0.2, -0.15) is 0 Å². The number of nitrogens with zero attached hydrogens (tertiary/aromatic N) is 3. The zero-order valence-corrected chi connectivity index (χ0v) is 26.4. The second kappa shape index (κ2) is 11.7. The second-order valence-electron chi connectivity index (χ2n) is 13.5. The van der Waals surface area contributed by atoms with E-state index in [2.05, 4.69) is 39.2 Å². The number of imidazole rings is 1. The van der Waals surface area contributed by atoms with Crippen LogP contribution in [0.1, 0.15) is 51.0 Å². The summed E-state index contributed by atoms with van der Waals surface area (Å²) in [7, 11) is -2.29. The highest BCUT2D eigenvalue weighted by atomic mass is 28.4. The Bertz CT molecular complexity index is 1460. The number of carboxylic acid groups (broad SMARTS) is 1. The van der Waals surface area contributed by atoms with Gasteiger partial charge in [-0.1, -0.05) is 51.1 Å². The first-order valence-corrected chi connectivity index (χ1v) is 17.7. The van der Waals surface area contributed by atoms with Crippen LogP contribution in [0.5, 0.6) is 0 Å². The maximum absolute atomic E-state index is 15.0. The van der Waals surface area contributed by atoms with E-state index in [-0.39, 0.29) is 30.2 Å². The summed E-state index contributed by atoms with van der Waals surface area (Å²) in [6.45, 7) is 11.5. The third-order valence-electron chi connectivity index (χ3n) is 9.22. The van der Waals surface area contributed by atoms with Gasteiger partial charge in [0, 0.05) is 37.3 Å². The molecule has 43 heavy (non-hydrogen) atoms. The molecule has 3 aromatic rings. The lowest BCUT2D eigenvalue weighted by Crippen LogP contribution is -2.50. The van der Waals surface area contributed by atoms with Gasteiger partial charge in [-0.15, -0.1) is 0 Å². The molecule has 7 nitrogen and oxygen atoms in total. The summed E-state index contributed by atoms with van der Waals surface area (Å²) >= 11 is 0. The molecular weight excluding hydrogens is 573 g/mol. The van der Waals surface area contributed by atoms with E-state index >= 15 is 0 Å². The Morgan fingerprint density at radius 1 is 1.16 bits per heavy atom. The molecule has 1 aliphatic heterocycles. The van der Waals surface area contributed by atoms with Crippen molar-refractivity contribution in [2.75, 3.05) is 19.6 Å². The highest BCUT2D eigenvalue weighted by molar-refractivity contribution is 6.74. The van der Waals surface area contributed by atoms with Crippen molar-refractivity contribution in [2.45, 2.75) is 76.1 Å². The Morgan fingerprint density at radius 2 is 1.86 bits per heavy atom. The zero-order chi connectivity index (χ0) is 31.2. The van der Waals surface area contributed by atoms with Crippen LogP contribution in [0.15, 0.2) is 54.7 Å². The van der Waals surface area contributed by atoms with Gasteiger partial charge in [-0.3, -0.25) is 0 Å². The Morgan fingerprint density at radius 3 is 2.47 bits per heavy atom. The molecule has 11 heteroatoms. The highest BCUT2D eigenvalue weighted by Crippen LogP contribution is 2.54. The molecule has 2 fully saturated rings. The Balaban J connectivity index is 1.57. The van der Waals surface area contributed by atoms with Gasteiger partial charge >= 0.3 is 6.09 Å². The third-order valence-corrected chi connectivity index (χ3v) is 13.7. The van der Waals surface area contributed by atoms with E-state index < -0.39 is 49.8 Å². The summed E-state index contributed by atoms with van der Waals surface area (Å²) in [5.41, 5.74) is 0.716. The van der Waals surface area contributed by atoms with Crippen molar-refractivity contribution in [3.63, 3.8) is 0 Å². The van der Waals surface area contributed by atoms with Crippen LogP contribution in [0.25, 0.3) is 11.3 Å². The first-order valence-electron chi connectivity index (χ1n) is 14.8. The molecule has 1 aromatic heterocycles. The fourth-order valence-corrected chi connectivity index (χ4v) is 7.23. The van der Waals surface area contributed by atoms with Crippen molar-refractivity contribution in [3.05, 3.63) is 77.8 Å².